The molecule has 4 aromatic rings. The van der Waals surface area contributed by atoms with Gasteiger partial charge in [0.15, 0.2) is 30.1 Å². The number of hydrogen-bond donors (Lipinski definition) is 1. The predicted octanol–water partition coefficient (Wildman–Crippen LogP) is 6.36. The molecule has 0 saturated carbocycles. The van der Waals surface area contributed by atoms with E-state index in [9.17, 15) is 27.1 Å². The van der Waals surface area contributed by atoms with Crippen molar-refractivity contribution in [2.45, 2.75) is 56.4 Å². The van der Waals surface area contributed by atoms with Crippen molar-refractivity contribution in [3.63, 3.8) is 0 Å². The number of rotatable bonds is 10. The Morgan fingerprint density at radius 3 is 1.85 bits per heavy atom. The third kappa shape index (κ3) is 6.21. The summed E-state index contributed by atoms with van der Waals surface area (Å²) in [6.45, 7) is 1.78. The number of hydrogen-bond acceptors (Lipinski definition) is 9. The molecule has 4 atom stereocenters. The number of aryl methyl sites for hydroxylation is 1. The number of ether oxygens (including phenoxy) is 4. The van der Waals surface area contributed by atoms with E-state index in [-0.39, 0.29) is 60.7 Å². The van der Waals surface area contributed by atoms with Gasteiger partial charge in [-0.25, -0.2) is 0 Å². The lowest BCUT2D eigenvalue weighted by atomic mass is 9.99. The number of carbonyl (C=O) groups excluding carboxylic acids is 2. The summed E-state index contributed by atoms with van der Waals surface area (Å²) in [6, 6.07) is 21.0. The van der Waals surface area contributed by atoms with E-state index in [1.54, 1.807) is 25.1 Å². The maximum atomic E-state index is 14.2. The largest absolute Gasteiger partial charge is 0.493 e. The van der Waals surface area contributed by atoms with Crippen LogP contribution < -0.4 is 28.7 Å². The molecule has 0 radical (unpaired) electrons. The number of fused-ring (bicyclic) bond motifs is 8. The van der Waals surface area contributed by atoms with Crippen molar-refractivity contribution in [2.24, 2.45) is 0 Å². The third-order valence-corrected chi connectivity index (χ3v) is 14.8. The predicted molar refractivity (Wildman–Crippen MR) is 204 cm³/mol. The summed E-state index contributed by atoms with van der Waals surface area (Å²) in [5, 5.41) is -1.29. The van der Waals surface area contributed by atoms with Gasteiger partial charge in [0, 0.05) is 34.7 Å². The van der Waals surface area contributed by atoms with Crippen LogP contribution in [0.1, 0.15) is 56.3 Å². The SMILES string of the molecule is CCP(=O)(COc1cc2c(cc1OC)C(=O)N1c3ccccc3C[C@H]1CC2)COc1cc2c(cc1OC)C(=O)N1c3ccccc3C[C@H]1C(S(=O)(=O)O)C2. The second-order valence-electron chi connectivity index (χ2n) is 14.3. The Morgan fingerprint density at radius 1 is 0.722 bits per heavy atom. The molecule has 0 saturated heterocycles. The Morgan fingerprint density at radius 2 is 1.26 bits per heavy atom. The third-order valence-electron chi connectivity index (χ3n) is 11.2. The molecule has 2 amide bonds. The first-order valence-electron chi connectivity index (χ1n) is 18.0. The van der Waals surface area contributed by atoms with Gasteiger partial charge in [0.05, 0.1) is 20.3 Å². The fourth-order valence-electron chi connectivity index (χ4n) is 8.29. The molecular weight excluding hydrogens is 731 g/mol. The summed E-state index contributed by atoms with van der Waals surface area (Å²) in [5.41, 5.74) is 5.49. The Balaban J connectivity index is 1.03. The van der Waals surface area contributed by atoms with Gasteiger partial charge in [-0.1, -0.05) is 43.3 Å². The molecule has 12 nitrogen and oxygen atoms in total. The smallest absolute Gasteiger partial charge is 0.270 e. The Kier molecular flexibility index (Phi) is 9.23. The van der Waals surface area contributed by atoms with E-state index in [0.717, 1.165) is 35.2 Å². The number of anilines is 2. The maximum absolute atomic E-state index is 14.2. The number of carbonyl (C=O) groups is 2. The van der Waals surface area contributed by atoms with Gasteiger partial charge in [-0.15, -0.1) is 0 Å². The maximum Gasteiger partial charge on any atom is 0.270 e. The highest BCUT2D eigenvalue weighted by Gasteiger charge is 2.47. The molecule has 4 heterocycles. The van der Waals surface area contributed by atoms with Crippen molar-refractivity contribution in [3.8, 4) is 23.0 Å². The molecule has 2 unspecified atom stereocenters. The average Bonchev–Trinajstić information content (AvgIpc) is 3.67. The molecular formula is C40H41N2O10PS. The molecule has 4 aliphatic rings. The molecule has 0 bridgehead atoms. The molecule has 4 aromatic carbocycles. The molecule has 8 rings (SSSR count). The lowest BCUT2D eigenvalue weighted by Crippen LogP contribution is -2.47. The number of methoxy groups -OCH3 is 2. The van der Waals surface area contributed by atoms with Gasteiger partial charge in [0.25, 0.3) is 21.9 Å². The van der Waals surface area contributed by atoms with Gasteiger partial charge in [0.2, 0.25) is 0 Å². The van der Waals surface area contributed by atoms with Gasteiger partial charge >= 0.3 is 0 Å². The Labute approximate surface area is 314 Å². The summed E-state index contributed by atoms with van der Waals surface area (Å²) < 4.78 is 73.8. The van der Waals surface area contributed by atoms with Crippen molar-refractivity contribution >= 4 is 40.4 Å². The van der Waals surface area contributed by atoms with Crippen molar-refractivity contribution in [1.29, 1.82) is 0 Å². The number of para-hydroxylation sites is 2. The summed E-state index contributed by atoms with van der Waals surface area (Å²) in [7, 11) is -4.84. The fourth-order valence-corrected chi connectivity index (χ4v) is 10.5. The van der Waals surface area contributed by atoms with E-state index in [1.165, 1.54) is 31.3 Å². The zero-order valence-corrected chi connectivity index (χ0v) is 31.9. The van der Waals surface area contributed by atoms with Crippen molar-refractivity contribution < 1.29 is 46.1 Å². The molecule has 54 heavy (non-hydrogen) atoms. The van der Waals surface area contributed by atoms with Crippen LogP contribution in [0.4, 0.5) is 11.4 Å². The van der Waals surface area contributed by atoms with Crippen molar-refractivity contribution in [3.05, 3.63) is 106 Å². The van der Waals surface area contributed by atoms with Crippen LogP contribution in [-0.2, 0) is 40.4 Å². The first-order valence-corrected chi connectivity index (χ1v) is 21.7. The quantitative estimate of drug-likeness (QED) is 0.143. The normalized spacial score (nSPS) is 21.0. The van der Waals surface area contributed by atoms with Crippen LogP contribution >= 0.6 is 7.14 Å². The number of nitrogens with zero attached hydrogens (tertiary/aromatic N) is 2. The van der Waals surface area contributed by atoms with Crippen LogP contribution in [0.15, 0.2) is 72.8 Å². The first kappa shape index (κ1) is 36.2. The lowest BCUT2D eigenvalue weighted by Gasteiger charge is -2.27. The zero-order chi connectivity index (χ0) is 37.9. The second-order valence-corrected chi connectivity index (χ2v) is 19.2. The van der Waals surface area contributed by atoms with Crippen molar-refractivity contribution in [2.75, 3.05) is 42.9 Å². The first-order chi connectivity index (χ1) is 25.9. The average molecular weight is 773 g/mol. The molecule has 282 valence electrons. The lowest BCUT2D eigenvalue weighted by molar-refractivity contribution is 0.0973. The summed E-state index contributed by atoms with van der Waals surface area (Å²) in [6.07, 6.45) is 2.20. The van der Waals surface area contributed by atoms with E-state index >= 15 is 0 Å². The molecule has 14 heteroatoms. The van der Waals surface area contributed by atoms with Crippen LogP contribution in [0.5, 0.6) is 23.0 Å². The molecule has 1 N–H and O–H groups in total. The monoisotopic (exact) mass is 772 g/mol. The molecule has 0 aliphatic carbocycles. The summed E-state index contributed by atoms with van der Waals surface area (Å²) in [4.78, 5) is 31.3. The van der Waals surface area contributed by atoms with Gasteiger partial charge in [-0.2, -0.15) is 8.42 Å². The van der Waals surface area contributed by atoms with Gasteiger partial charge in [-0.05, 0) is 90.8 Å². The van der Waals surface area contributed by atoms with E-state index in [4.69, 9.17) is 18.9 Å². The molecule has 0 fully saturated rings. The minimum Gasteiger partial charge on any atom is -0.493 e. The molecule has 0 spiro atoms. The number of benzene rings is 4. The standard InChI is InChI=1S/C40H41N2O10PS/c1-4-53(45,22-51-36-17-24-13-14-28-15-25-9-5-7-11-31(25)41(28)39(43)29(24)20-34(36)49-2)23-52-37-18-27-19-38(54(46,47)48)33-16-26-10-6-8-12-32(26)42(33)40(44)30(27)21-35(37)50-3/h5-12,17-18,20-21,28,33,38H,4,13-16,19,22-23H2,1-3H3,(H,46,47,48)/t28-,33+,38?,53?/m1/s1. The molecule has 0 aromatic heterocycles. The highest BCUT2D eigenvalue weighted by molar-refractivity contribution is 7.86. The second kappa shape index (κ2) is 13.8. The minimum absolute atomic E-state index is 0.0611. The zero-order valence-electron chi connectivity index (χ0n) is 30.2. The summed E-state index contributed by atoms with van der Waals surface area (Å²) >= 11 is 0. The molecule has 4 aliphatic heterocycles. The van der Waals surface area contributed by atoms with Crippen LogP contribution in [0.2, 0.25) is 0 Å². The van der Waals surface area contributed by atoms with Crippen LogP contribution in [0, 0.1) is 0 Å². The van der Waals surface area contributed by atoms with Crippen LogP contribution in [-0.4, -0.2) is 75.2 Å². The Bertz CT molecular complexity index is 2350. The van der Waals surface area contributed by atoms with Gasteiger partial charge in [0.1, 0.15) is 17.9 Å². The number of amides is 2. The van der Waals surface area contributed by atoms with Crippen LogP contribution in [0.3, 0.4) is 0 Å². The minimum atomic E-state index is -4.58. The van der Waals surface area contributed by atoms with Crippen LogP contribution in [0.25, 0.3) is 0 Å². The summed E-state index contributed by atoms with van der Waals surface area (Å²) in [5.74, 6) is 0.618. The van der Waals surface area contributed by atoms with E-state index < -0.39 is 34.5 Å². The van der Waals surface area contributed by atoms with Gasteiger partial charge in [-0.3, -0.25) is 14.1 Å². The Hall–Kier alpha value is -4.84. The topological polar surface area (TPSA) is 149 Å². The highest BCUT2D eigenvalue weighted by atomic mass is 32.2. The van der Waals surface area contributed by atoms with E-state index in [2.05, 4.69) is 6.07 Å². The van der Waals surface area contributed by atoms with Crippen molar-refractivity contribution in [1.82, 2.24) is 0 Å². The fraction of sp³-hybridized carbons (Fsp3) is 0.350. The van der Waals surface area contributed by atoms with Gasteiger partial charge < -0.3 is 33.3 Å². The van der Waals surface area contributed by atoms with E-state index in [0.29, 0.717) is 34.7 Å². The highest BCUT2D eigenvalue weighted by Crippen LogP contribution is 2.49. The van der Waals surface area contributed by atoms with E-state index in [1.807, 2.05) is 41.3 Å².